The minimum Gasteiger partial charge on any atom is -0.496 e. The maximum atomic E-state index is 6.09. The van der Waals surface area contributed by atoms with Crippen LogP contribution >= 0.6 is 24.0 Å². The van der Waals surface area contributed by atoms with Crippen molar-refractivity contribution in [2.45, 2.75) is 32.1 Å². The van der Waals surface area contributed by atoms with E-state index in [-0.39, 0.29) is 24.0 Å². The topological polar surface area (TPSA) is 50.9 Å². The van der Waals surface area contributed by atoms with Crippen LogP contribution in [0.2, 0.25) is 0 Å². The molecule has 2 N–H and O–H groups in total. The Morgan fingerprint density at radius 2 is 1.95 bits per heavy atom. The zero-order valence-corrected chi connectivity index (χ0v) is 15.2. The average Bonchev–Trinajstić information content (AvgIpc) is 2.53. The molecule has 0 radical (unpaired) electrons. The van der Waals surface area contributed by atoms with Gasteiger partial charge in [0.05, 0.1) is 7.11 Å². The summed E-state index contributed by atoms with van der Waals surface area (Å²) in [6.45, 7) is 4.93. The molecule has 5 heteroatoms. The van der Waals surface area contributed by atoms with Crippen molar-refractivity contribution < 1.29 is 4.74 Å². The minimum atomic E-state index is 0. The van der Waals surface area contributed by atoms with Crippen molar-refractivity contribution in [2.75, 3.05) is 26.7 Å². The van der Waals surface area contributed by atoms with Gasteiger partial charge >= 0.3 is 0 Å². The molecule has 118 valence electrons. The highest BCUT2D eigenvalue weighted by Gasteiger charge is 2.14. The number of aliphatic imine (C=N–C) groups is 1. The Morgan fingerprint density at radius 1 is 1.29 bits per heavy atom. The van der Waals surface area contributed by atoms with Gasteiger partial charge in [0, 0.05) is 25.6 Å². The molecule has 0 spiro atoms. The lowest BCUT2D eigenvalue weighted by atomic mass is 10.0. The van der Waals surface area contributed by atoms with E-state index in [2.05, 4.69) is 22.9 Å². The Hall–Kier alpha value is -0.980. The molecule has 1 aromatic carbocycles. The van der Waals surface area contributed by atoms with Gasteiger partial charge in [0.1, 0.15) is 5.75 Å². The van der Waals surface area contributed by atoms with Gasteiger partial charge in [-0.1, -0.05) is 25.1 Å². The number of nitrogens with zero attached hydrogens (tertiary/aromatic N) is 2. The van der Waals surface area contributed by atoms with Gasteiger partial charge in [0.2, 0.25) is 0 Å². The third kappa shape index (κ3) is 5.05. The van der Waals surface area contributed by atoms with Crippen molar-refractivity contribution in [3.05, 3.63) is 29.8 Å². The fourth-order valence-corrected chi connectivity index (χ4v) is 2.63. The van der Waals surface area contributed by atoms with Gasteiger partial charge in [-0.15, -0.1) is 24.0 Å². The molecule has 0 aromatic heterocycles. The molecule has 1 heterocycles. The number of hydrogen-bond acceptors (Lipinski definition) is 2. The smallest absolute Gasteiger partial charge is 0.191 e. The zero-order chi connectivity index (χ0) is 14.4. The predicted octanol–water partition coefficient (Wildman–Crippen LogP) is 3.22. The van der Waals surface area contributed by atoms with Crippen LogP contribution in [-0.2, 0) is 0 Å². The molecule has 1 atom stereocenters. The largest absolute Gasteiger partial charge is 0.496 e. The van der Waals surface area contributed by atoms with Crippen LogP contribution in [0.5, 0.6) is 5.75 Å². The number of halogens is 1. The zero-order valence-electron chi connectivity index (χ0n) is 12.9. The first-order valence-electron chi connectivity index (χ1n) is 7.40. The number of benzene rings is 1. The third-order valence-electron chi connectivity index (χ3n) is 3.88. The summed E-state index contributed by atoms with van der Waals surface area (Å²) in [6.07, 6.45) is 3.75. The summed E-state index contributed by atoms with van der Waals surface area (Å²) in [5.74, 6) is 1.91. The van der Waals surface area contributed by atoms with Gasteiger partial charge < -0.3 is 15.4 Å². The van der Waals surface area contributed by atoms with Crippen LogP contribution in [0.15, 0.2) is 29.3 Å². The molecule has 1 aliphatic heterocycles. The predicted molar refractivity (Wildman–Crippen MR) is 98.7 cm³/mol. The monoisotopic (exact) mass is 403 g/mol. The average molecular weight is 403 g/mol. The molecule has 0 bridgehead atoms. The summed E-state index contributed by atoms with van der Waals surface area (Å²) in [6, 6.07) is 8.10. The van der Waals surface area contributed by atoms with E-state index in [1.807, 2.05) is 18.2 Å². The van der Waals surface area contributed by atoms with E-state index < -0.39 is 0 Å². The van der Waals surface area contributed by atoms with Gasteiger partial charge in [0.25, 0.3) is 0 Å². The Balaban J connectivity index is 0.00000220. The van der Waals surface area contributed by atoms with E-state index >= 15 is 0 Å². The molecule has 0 aliphatic carbocycles. The third-order valence-corrected chi connectivity index (χ3v) is 3.88. The second-order valence-electron chi connectivity index (χ2n) is 5.39. The molecule has 1 aliphatic rings. The maximum absolute atomic E-state index is 6.09. The molecule has 1 saturated heterocycles. The molecule has 2 rings (SSSR count). The van der Waals surface area contributed by atoms with Crippen molar-refractivity contribution in [3.8, 4) is 5.75 Å². The van der Waals surface area contributed by atoms with Crippen LogP contribution in [0.3, 0.4) is 0 Å². The SMILES string of the molecule is COc1ccccc1C(C)CN=C(N)N1CCCCC1.I. The highest BCUT2D eigenvalue weighted by molar-refractivity contribution is 14.0. The molecule has 0 saturated carbocycles. The van der Waals surface area contributed by atoms with Crippen LogP contribution < -0.4 is 10.5 Å². The summed E-state index contributed by atoms with van der Waals surface area (Å²) in [7, 11) is 1.71. The lowest BCUT2D eigenvalue weighted by molar-refractivity contribution is 0.338. The van der Waals surface area contributed by atoms with Gasteiger partial charge in [-0.05, 0) is 30.9 Å². The van der Waals surface area contributed by atoms with Crippen LogP contribution in [-0.4, -0.2) is 37.6 Å². The molecule has 0 amide bonds. The number of ether oxygens (including phenoxy) is 1. The number of nitrogens with two attached hydrogens (primary N) is 1. The van der Waals surface area contributed by atoms with Crippen LogP contribution in [0.25, 0.3) is 0 Å². The molecule has 1 unspecified atom stereocenters. The van der Waals surface area contributed by atoms with Crippen molar-refractivity contribution in [1.29, 1.82) is 0 Å². The first-order valence-corrected chi connectivity index (χ1v) is 7.40. The second-order valence-corrected chi connectivity index (χ2v) is 5.39. The summed E-state index contributed by atoms with van der Waals surface area (Å²) < 4.78 is 5.40. The molecular weight excluding hydrogens is 377 g/mol. The van der Waals surface area contributed by atoms with E-state index in [9.17, 15) is 0 Å². The minimum absolute atomic E-state index is 0. The standard InChI is InChI=1S/C16H25N3O.HI/c1-13(14-8-4-5-9-15(14)20-2)12-18-16(17)19-10-6-3-7-11-19;/h4-5,8-9,13H,3,6-7,10-12H2,1-2H3,(H2,17,18);1H. The highest BCUT2D eigenvalue weighted by Crippen LogP contribution is 2.26. The number of hydrogen-bond donors (Lipinski definition) is 1. The Labute approximate surface area is 144 Å². The van der Waals surface area contributed by atoms with E-state index in [1.54, 1.807) is 7.11 Å². The van der Waals surface area contributed by atoms with Gasteiger partial charge in [-0.3, -0.25) is 4.99 Å². The lowest BCUT2D eigenvalue weighted by Crippen LogP contribution is -2.41. The molecule has 1 aromatic rings. The summed E-state index contributed by atoms with van der Waals surface area (Å²) in [4.78, 5) is 6.76. The fourth-order valence-electron chi connectivity index (χ4n) is 2.63. The normalized spacial score (nSPS) is 17.0. The van der Waals surface area contributed by atoms with Gasteiger partial charge in [0.15, 0.2) is 5.96 Å². The van der Waals surface area contributed by atoms with Gasteiger partial charge in [-0.2, -0.15) is 0 Å². The number of para-hydroxylation sites is 1. The maximum Gasteiger partial charge on any atom is 0.191 e. The number of likely N-dealkylation sites (tertiary alicyclic amines) is 1. The Kier molecular flexibility index (Phi) is 7.85. The van der Waals surface area contributed by atoms with E-state index in [0.29, 0.717) is 18.4 Å². The lowest BCUT2D eigenvalue weighted by Gasteiger charge is -2.27. The molecule has 21 heavy (non-hydrogen) atoms. The molecular formula is C16H26IN3O. The number of guanidine groups is 1. The molecule has 4 nitrogen and oxygen atoms in total. The van der Waals surface area contributed by atoms with E-state index in [4.69, 9.17) is 10.5 Å². The number of piperidine rings is 1. The van der Waals surface area contributed by atoms with Crippen LogP contribution in [0.1, 0.15) is 37.7 Å². The van der Waals surface area contributed by atoms with E-state index in [0.717, 1.165) is 18.8 Å². The summed E-state index contributed by atoms with van der Waals surface area (Å²) >= 11 is 0. The number of rotatable bonds is 4. The van der Waals surface area contributed by atoms with Crippen LogP contribution in [0, 0.1) is 0 Å². The van der Waals surface area contributed by atoms with E-state index in [1.165, 1.54) is 24.8 Å². The summed E-state index contributed by atoms with van der Waals surface area (Å²) in [5, 5.41) is 0. The van der Waals surface area contributed by atoms with Crippen molar-refractivity contribution in [2.24, 2.45) is 10.7 Å². The quantitative estimate of drug-likeness (QED) is 0.477. The van der Waals surface area contributed by atoms with Gasteiger partial charge in [-0.25, -0.2) is 0 Å². The van der Waals surface area contributed by atoms with Crippen LogP contribution in [0.4, 0.5) is 0 Å². The first kappa shape index (κ1) is 18.1. The van der Waals surface area contributed by atoms with Crippen molar-refractivity contribution in [1.82, 2.24) is 4.90 Å². The second kappa shape index (κ2) is 9.12. The van der Waals surface area contributed by atoms with Crippen molar-refractivity contribution >= 4 is 29.9 Å². The molecule has 1 fully saturated rings. The highest BCUT2D eigenvalue weighted by atomic mass is 127. The van der Waals surface area contributed by atoms with Crippen molar-refractivity contribution in [3.63, 3.8) is 0 Å². The Morgan fingerprint density at radius 3 is 2.62 bits per heavy atom. The summed E-state index contributed by atoms with van der Waals surface area (Å²) in [5.41, 5.74) is 7.28. The first-order chi connectivity index (χ1) is 9.72. The Bertz CT molecular complexity index is 459. The fraction of sp³-hybridized carbons (Fsp3) is 0.562. The number of methoxy groups -OCH3 is 1.